The fourth-order valence-corrected chi connectivity index (χ4v) is 2.49. The lowest BCUT2D eigenvalue weighted by atomic mass is 9.83. The van der Waals surface area contributed by atoms with Gasteiger partial charge in [0.2, 0.25) is 5.71 Å². The Morgan fingerprint density at radius 2 is 2.33 bits per heavy atom. The van der Waals surface area contributed by atoms with Crippen LogP contribution in [0.4, 0.5) is 0 Å². The van der Waals surface area contributed by atoms with Crippen molar-refractivity contribution in [2.45, 2.75) is 25.2 Å². The molecular formula is C10H9BrN2O2. The zero-order valence-electron chi connectivity index (χ0n) is 7.92. The second-order valence-corrected chi connectivity index (χ2v) is 4.70. The molecule has 15 heavy (non-hydrogen) atoms. The van der Waals surface area contributed by atoms with Gasteiger partial charge in [-0.25, -0.2) is 9.78 Å². The van der Waals surface area contributed by atoms with Gasteiger partial charge in [-0.15, -0.1) is 0 Å². The Bertz CT molecular complexity index is 568. The minimum Gasteiger partial charge on any atom is -0.389 e. The van der Waals surface area contributed by atoms with Crippen LogP contribution in [0.15, 0.2) is 19.8 Å². The molecule has 0 radical (unpaired) electrons. The van der Waals surface area contributed by atoms with Crippen LogP contribution in [0, 0.1) is 0 Å². The summed E-state index contributed by atoms with van der Waals surface area (Å²) in [7, 11) is 0. The molecule has 0 saturated heterocycles. The number of oxazole rings is 1. The summed E-state index contributed by atoms with van der Waals surface area (Å²) in [6, 6.07) is 1.86. The molecule has 2 heterocycles. The van der Waals surface area contributed by atoms with Gasteiger partial charge in [0, 0.05) is 10.4 Å². The van der Waals surface area contributed by atoms with Crippen LogP contribution >= 0.6 is 15.9 Å². The van der Waals surface area contributed by atoms with Crippen LogP contribution in [-0.2, 0) is 0 Å². The number of rotatable bonds is 1. The lowest BCUT2D eigenvalue weighted by molar-refractivity contribution is 0.408. The van der Waals surface area contributed by atoms with E-state index in [9.17, 15) is 4.79 Å². The van der Waals surface area contributed by atoms with Crippen molar-refractivity contribution in [1.82, 2.24) is 9.97 Å². The summed E-state index contributed by atoms with van der Waals surface area (Å²) in [5.74, 6) is 0.0686. The smallest absolute Gasteiger partial charge is 0.389 e. The molecule has 0 unspecified atom stereocenters. The first kappa shape index (κ1) is 9.15. The third-order valence-electron chi connectivity index (χ3n) is 2.89. The maximum Gasteiger partial charge on any atom is 0.418 e. The molecule has 0 amide bonds. The van der Waals surface area contributed by atoms with Gasteiger partial charge in [0.05, 0.1) is 5.69 Å². The number of aromatic amines is 1. The molecule has 0 spiro atoms. The highest BCUT2D eigenvalue weighted by molar-refractivity contribution is 9.10. The molecule has 2 aromatic heterocycles. The molecule has 3 rings (SSSR count). The Kier molecular flexibility index (Phi) is 1.95. The molecule has 0 aromatic carbocycles. The summed E-state index contributed by atoms with van der Waals surface area (Å²) in [6.45, 7) is 0. The molecular weight excluding hydrogens is 260 g/mol. The first-order valence-corrected chi connectivity index (χ1v) is 5.72. The molecule has 0 bridgehead atoms. The Hall–Kier alpha value is -1.10. The quantitative estimate of drug-likeness (QED) is 0.865. The second-order valence-electron chi connectivity index (χ2n) is 3.85. The topological polar surface area (TPSA) is 58.9 Å². The SMILES string of the molecule is O=c1[nH]c2cc(Br)c(C3CCC3)nc2o1. The molecule has 1 aliphatic rings. The van der Waals surface area contributed by atoms with E-state index in [-0.39, 0.29) is 0 Å². The van der Waals surface area contributed by atoms with Gasteiger partial charge in [-0.3, -0.25) is 4.98 Å². The molecule has 5 heteroatoms. The summed E-state index contributed by atoms with van der Waals surface area (Å²) in [4.78, 5) is 17.9. The molecule has 2 aromatic rings. The zero-order chi connectivity index (χ0) is 10.4. The fraction of sp³-hybridized carbons (Fsp3) is 0.400. The summed E-state index contributed by atoms with van der Waals surface area (Å²) >= 11 is 3.48. The molecule has 1 fully saturated rings. The summed E-state index contributed by atoms with van der Waals surface area (Å²) in [5, 5.41) is 0. The first-order chi connectivity index (χ1) is 7.24. The molecule has 1 aliphatic carbocycles. The second kappa shape index (κ2) is 3.20. The van der Waals surface area contributed by atoms with E-state index in [0.29, 0.717) is 17.1 Å². The fourth-order valence-electron chi connectivity index (χ4n) is 1.84. The first-order valence-electron chi connectivity index (χ1n) is 4.93. The van der Waals surface area contributed by atoms with Crippen molar-refractivity contribution in [2.75, 3.05) is 0 Å². The highest BCUT2D eigenvalue weighted by atomic mass is 79.9. The highest BCUT2D eigenvalue weighted by Crippen LogP contribution is 2.39. The van der Waals surface area contributed by atoms with Gasteiger partial charge in [-0.05, 0) is 34.8 Å². The van der Waals surface area contributed by atoms with Gasteiger partial charge in [0.1, 0.15) is 5.52 Å². The van der Waals surface area contributed by atoms with Crippen molar-refractivity contribution in [1.29, 1.82) is 0 Å². The normalized spacial score (nSPS) is 16.9. The van der Waals surface area contributed by atoms with E-state index in [1.807, 2.05) is 6.07 Å². The largest absolute Gasteiger partial charge is 0.418 e. The molecule has 1 saturated carbocycles. The number of nitrogens with zero attached hydrogens (tertiary/aromatic N) is 1. The predicted octanol–water partition coefficient (Wildman–Crippen LogP) is 2.55. The number of aromatic nitrogens is 2. The van der Waals surface area contributed by atoms with E-state index in [1.54, 1.807) is 0 Å². The minimum atomic E-state index is -0.449. The van der Waals surface area contributed by atoms with Gasteiger partial charge < -0.3 is 4.42 Å². The van der Waals surface area contributed by atoms with Crippen molar-refractivity contribution < 1.29 is 4.42 Å². The Morgan fingerprint density at radius 3 is 3.00 bits per heavy atom. The summed E-state index contributed by atoms with van der Waals surface area (Å²) in [6.07, 6.45) is 3.60. The number of H-pyrrole nitrogens is 1. The van der Waals surface area contributed by atoms with Gasteiger partial charge in [0.15, 0.2) is 0 Å². The Labute approximate surface area is 93.8 Å². The number of halogens is 1. The van der Waals surface area contributed by atoms with E-state index in [4.69, 9.17) is 4.42 Å². The maximum absolute atomic E-state index is 11.0. The van der Waals surface area contributed by atoms with Crippen LogP contribution in [0.25, 0.3) is 11.2 Å². The third kappa shape index (κ3) is 1.42. The van der Waals surface area contributed by atoms with E-state index in [1.165, 1.54) is 19.3 Å². The number of nitrogens with one attached hydrogen (secondary N) is 1. The Balaban J connectivity index is 2.21. The molecule has 78 valence electrons. The molecule has 4 nitrogen and oxygen atoms in total. The average Bonchev–Trinajstić information content (AvgIpc) is 2.42. The van der Waals surface area contributed by atoms with Crippen LogP contribution in [-0.4, -0.2) is 9.97 Å². The van der Waals surface area contributed by atoms with Crippen molar-refractivity contribution in [3.63, 3.8) is 0 Å². The van der Waals surface area contributed by atoms with Crippen LogP contribution in [0.5, 0.6) is 0 Å². The zero-order valence-corrected chi connectivity index (χ0v) is 9.50. The van der Waals surface area contributed by atoms with Gasteiger partial charge >= 0.3 is 5.76 Å². The van der Waals surface area contributed by atoms with Crippen LogP contribution in [0.1, 0.15) is 30.9 Å². The van der Waals surface area contributed by atoms with Crippen LogP contribution in [0.2, 0.25) is 0 Å². The molecule has 0 aliphatic heterocycles. The number of fused-ring (bicyclic) bond motifs is 1. The van der Waals surface area contributed by atoms with Crippen LogP contribution < -0.4 is 5.76 Å². The average molecular weight is 269 g/mol. The van der Waals surface area contributed by atoms with E-state index in [2.05, 4.69) is 25.9 Å². The number of hydrogen-bond acceptors (Lipinski definition) is 3. The highest BCUT2D eigenvalue weighted by Gasteiger charge is 2.24. The standard InChI is InChI=1S/C10H9BrN2O2/c11-6-4-7-9(15-10(14)12-7)13-8(6)5-2-1-3-5/h4-5H,1-3H2,(H,12,14). The van der Waals surface area contributed by atoms with Crippen molar-refractivity contribution in [3.8, 4) is 0 Å². The number of hydrogen-bond donors (Lipinski definition) is 1. The Morgan fingerprint density at radius 1 is 1.53 bits per heavy atom. The summed E-state index contributed by atoms with van der Waals surface area (Å²) < 4.78 is 5.89. The van der Waals surface area contributed by atoms with Gasteiger partial charge in [0.25, 0.3) is 0 Å². The van der Waals surface area contributed by atoms with Crippen molar-refractivity contribution in [2.24, 2.45) is 0 Å². The predicted molar refractivity (Wildman–Crippen MR) is 58.9 cm³/mol. The monoisotopic (exact) mass is 268 g/mol. The lowest BCUT2D eigenvalue weighted by Gasteiger charge is -2.25. The van der Waals surface area contributed by atoms with E-state index in [0.717, 1.165) is 10.2 Å². The third-order valence-corrected chi connectivity index (χ3v) is 3.52. The maximum atomic E-state index is 11.0. The van der Waals surface area contributed by atoms with Gasteiger partial charge in [-0.2, -0.15) is 0 Å². The van der Waals surface area contributed by atoms with Gasteiger partial charge in [-0.1, -0.05) is 6.42 Å². The minimum absolute atomic E-state index is 0.408. The van der Waals surface area contributed by atoms with Crippen LogP contribution in [0.3, 0.4) is 0 Å². The molecule has 0 atom stereocenters. The van der Waals surface area contributed by atoms with E-state index >= 15 is 0 Å². The lowest BCUT2D eigenvalue weighted by Crippen LogP contribution is -2.11. The summed E-state index contributed by atoms with van der Waals surface area (Å²) in [5.41, 5.74) is 2.07. The molecule has 1 N–H and O–H groups in total. The van der Waals surface area contributed by atoms with Crippen molar-refractivity contribution >= 4 is 27.2 Å². The number of pyridine rings is 1. The van der Waals surface area contributed by atoms with E-state index < -0.39 is 5.76 Å². The van der Waals surface area contributed by atoms with Crippen molar-refractivity contribution in [3.05, 3.63) is 26.8 Å².